The van der Waals surface area contributed by atoms with Crippen molar-refractivity contribution in [1.82, 2.24) is 4.90 Å². The second-order valence-electron chi connectivity index (χ2n) is 4.05. The summed E-state index contributed by atoms with van der Waals surface area (Å²) < 4.78 is 5.89. The largest absolute Gasteiger partial charge is 0.383 e. The SMILES string of the molecule is CCN(C(=O)c1cc(Cl)cc(Br)c1)C(C)COC. The summed E-state index contributed by atoms with van der Waals surface area (Å²) in [5.41, 5.74) is 0.583. The molecule has 0 bridgehead atoms. The molecule has 1 rings (SSSR count). The lowest BCUT2D eigenvalue weighted by Gasteiger charge is -2.27. The molecule has 0 aromatic heterocycles. The minimum absolute atomic E-state index is 0.0326. The number of ether oxygens (including phenoxy) is 1. The van der Waals surface area contributed by atoms with Crippen LogP contribution in [0.15, 0.2) is 22.7 Å². The number of carbonyl (C=O) groups is 1. The average Bonchev–Trinajstić information content (AvgIpc) is 2.28. The van der Waals surface area contributed by atoms with Crippen molar-refractivity contribution >= 4 is 33.4 Å². The van der Waals surface area contributed by atoms with E-state index in [-0.39, 0.29) is 11.9 Å². The highest BCUT2D eigenvalue weighted by atomic mass is 79.9. The number of rotatable bonds is 5. The summed E-state index contributed by atoms with van der Waals surface area (Å²) in [5.74, 6) is -0.0368. The number of benzene rings is 1. The van der Waals surface area contributed by atoms with E-state index in [4.69, 9.17) is 16.3 Å². The van der Waals surface area contributed by atoms with E-state index < -0.39 is 0 Å². The molecular weight excluding hydrogens is 318 g/mol. The van der Waals surface area contributed by atoms with Gasteiger partial charge < -0.3 is 9.64 Å². The van der Waals surface area contributed by atoms with Crippen LogP contribution in [-0.4, -0.2) is 37.1 Å². The highest BCUT2D eigenvalue weighted by molar-refractivity contribution is 9.10. The zero-order chi connectivity index (χ0) is 13.7. The van der Waals surface area contributed by atoms with Gasteiger partial charge in [0.25, 0.3) is 5.91 Å². The summed E-state index contributed by atoms with van der Waals surface area (Å²) in [6.45, 7) is 5.06. The average molecular weight is 335 g/mol. The van der Waals surface area contributed by atoms with Crippen molar-refractivity contribution in [1.29, 1.82) is 0 Å². The van der Waals surface area contributed by atoms with Gasteiger partial charge in [0.1, 0.15) is 0 Å². The van der Waals surface area contributed by atoms with E-state index in [2.05, 4.69) is 15.9 Å². The van der Waals surface area contributed by atoms with E-state index in [1.165, 1.54) is 0 Å². The quantitative estimate of drug-likeness (QED) is 0.823. The number of nitrogens with zero attached hydrogens (tertiary/aromatic N) is 1. The topological polar surface area (TPSA) is 29.5 Å². The van der Waals surface area contributed by atoms with Crippen LogP contribution in [0.4, 0.5) is 0 Å². The Labute approximate surface area is 121 Å². The van der Waals surface area contributed by atoms with Crippen LogP contribution in [-0.2, 0) is 4.74 Å². The van der Waals surface area contributed by atoms with Gasteiger partial charge in [-0.2, -0.15) is 0 Å². The number of amides is 1. The predicted molar refractivity (Wildman–Crippen MR) is 77.2 cm³/mol. The Balaban J connectivity index is 2.96. The molecule has 3 nitrogen and oxygen atoms in total. The summed E-state index contributed by atoms with van der Waals surface area (Å²) in [6, 6.07) is 5.24. The van der Waals surface area contributed by atoms with E-state index in [9.17, 15) is 4.79 Å². The molecule has 18 heavy (non-hydrogen) atoms. The molecule has 100 valence electrons. The predicted octanol–water partition coefficient (Wildman–Crippen LogP) is 3.60. The Kier molecular flexibility index (Phi) is 6.12. The van der Waals surface area contributed by atoms with Crippen molar-refractivity contribution in [3.8, 4) is 0 Å². The third kappa shape index (κ3) is 3.97. The lowest BCUT2D eigenvalue weighted by atomic mass is 10.1. The van der Waals surface area contributed by atoms with Crippen LogP contribution in [0.2, 0.25) is 5.02 Å². The van der Waals surface area contributed by atoms with Crippen molar-refractivity contribution in [2.75, 3.05) is 20.3 Å². The molecule has 1 amide bonds. The van der Waals surface area contributed by atoms with Gasteiger partial charge in [-0.15, -0.1) is 0 Å². The number of halogens is 2. The first kappa shape index (κ1) is 15.5. The molecule has 1 aromatic rings. The first-order valence-corrected chi connectivity index (χ1v) is 6.92. The number of likely N-dealkylation sites (N-methyl/N-ethyl adjacent to an activating group) is 1. The van der Waals surface area contributed by atoms with Gasteiger partial charge in [-0.1, -0.05) is 27.5 Å². The van der Waals surface area contributed by atoms with Gasteiger partial charge in [0.15, 0.2) is 0 Å². The van der Waals surface area contributed by atoms with Gasteiger partial charge in [0.2, 0.25) is 0 Å². The summed E-state index contributed by atoms with van der Waals surface area (Å²) in [4.78, 5) is 14.2. The van der Waals surface area contributed by atoms with Gasteiger partial charge >= 0.3 is 0 Å². The molecule has 0 radical (unpaired) electrons. The maximum Gasteiger partial charge on any atom is 0.254 e. The van der Waals surface area contributed by atoms with Gasteiger partial charge in [0, 0.05) is 28.7 Å². The van der Waals surface area contributed by atoms with E-state index >= 15 is 0 Å². The Morgan fingerprint density at radius 1 is 1.50 bits per heavy atom. The monoisotopic (exact) mass is 333 g/mol. The lowest BCUT2D eigenvalue weighted by molar-refractivity contribution is 0.0579. The fourth-order valence-corrected chi connectivity index (χ4v) is 2.69. The Bertz CT molecular complexity index is 405. The van der Waals surface area contributed by atoms with Crippen molar-refractivity contribution < 1.29 is 9.53 Å². The molecule has 0 saturated heterocycles. The van der Waals surface area contributed by atoms with Crippen LogP contribution >= 0.6 is 27.5 Å². The highest BCUT2D eigenvalue weighted by Crippen LogP contribution is 2.21. The molecule has 5 heteroatoms. The molecule has 1 unspecified atom stereocenters. The maximum atomic E-state index is 12.4. The van der Waals surface area contributed by atoms with E-state index in [1.807, 2.05) is 13.8 Å². The van der Waals surface area contributed by atoms with Crippen LogP contribution in [0.5, 0.6) is 0 Å². The minimum atomic E-state index is -0.0368. The van der Waals surface area contributed by atoms with Crippen molar-refractivity contribution in [3.63, 3.8) is 0 Å². The molecule has 0 N–H and O–H groups in total. The fourth-order valence-electron chi connectivity index (χ4n) is 1.83. The van der Waals surface area contributed by atoms with Gasteiger partial charge in [-0.3, -0.25) is 4.79 Å². The molecule has 0 aliphatic heterocycles. The Morgan fingerprint density at radius 3 is 2.67 bits per heavy atom. The smallest absolute Gasteiger partial charge is 0.254 e. The van der Waals surface area contributed by atoms with Crippen LogP contribution in [0.25, 0.3) is 0 Å². The Morgan fingerprint density at radius 2 is 2.17 bits per heavy atom. The molecule has 1 aromatic carbocycles. The highest BCUT2D eigenvalue weighted by Gasteiger charge is 2.20. The van der Waals surface area contributed by atoms with E-state index in [1.54, 1.807) is 30.2 Å². The van der Waals surface area contributed by atoms with E-state index in [0.717, 1.165) is 4.47 Å². The Hall–Kier alpha value is -0.580. The third-order valence-electron chi connectivity index (χ3n) is 2.65. The van der Waals surface area contributed by atoms with Gasteiger partial charge in [-0.05, 0) is 32.0 Å². The summed E-state index contributed by atoms with van der Waals surface area (Å²) in [7, 11) is 1.63. The van der Waals surface area contributed by atoms with Gasteiger partial charge in [0.05, 0.1) is 12.6 Å². The zero-order valence-corrected chi connectivity index (χ0v) is 13.1. The number of carbonyl (C=O) groups excluding carboxylic acids is 1. The van der Waals surface area contributed by atoms with Crippen molar-refractivity contribution in [2.24, 2.45) is 0 Å². The number of methoxy groups -OCH3 is 1. The normalized spacial score (nSPS) is 12.3. The molecule has 0 aliphatic rings. The second kappa shape index (κ2) is 7.12. The summed E-state index contributed by atoms with van der Waals surface area (Å²) >= 11 is 9.30. The first-order chi connectivity index (χ1) is 8.49. The minimum Gasteiger partial charge on any atom is -0.383 e. The first-order valence-electron chi connectivity index (χ1n) is 5.75. The molecule has 0 fully saturated rings. The van der Waals surface area contributed by atoms with Crippen LogP contribution in [0.3, 0.4) is 0 Å². The number of hydrogen-bond acceptors (Lipinski definition) is 2. The molecular formula is C13H17BrClNO2. The van der Waals surface area contributed by atoms with Crippen LogP contribution in [0, 0.1) is 0 Å². The van der Waals surface area contributed by atoms with Crippen molar-refractivity contribution in [2.45, 2.75) is 19.9 Å². The molecule has 0 heterocycles. The molecule has 0 spiro atoms. The van der Waals surface area contributed by atoms with Crippen molar-refractivity contribution in [3.05, 3.63) is 33.3 Å². The lowest BCUT2D eigenvalue weighted by Crippen LogP contribution is -2.40. The molecule has 1 atom stereocenters. The van der Waals surface area contributed by atoms with E-state index in [0.29, 0.717) is 23.7 Å². The molecule has 0 saturated carbocycles. The third-order valence-corrected chi connectivity index (χ3v) is 3.33. The maximum absolute atomic E-state index is 12.4. The number of hydrogen-bond donors (Lipinski definition) is 0. The summed E-state index contributed by atoms with van der Waals surface area (Å²) in [5, 5.41) is 0.545. The zero-order valence-electron chi connectivity index (χ0n) is 10.7. The summed E-state index contributed by atoms with van der Waals surface area (Å²) in [6.07, 6.45) is 0. The molecule has 0 aliphatic carbocycles. The second-order valence-corrected chi connectivity index (χ2v) is 5.41. The fraction of sp³-hybridized carbons (Fsp3) is 0.462. The van der Waals surface area contributed by atoms with Crippen LogP contribution in [0.1, 0.15) is 24.2 Å². The standard InChI is InChI=1S/C13H17BrClNO2/c1-4-16(9(2)8-18-3)13(17)10-5-11(14)7-12(15)6-10/h5-7,9H,4,8H2,1-3H3. The van der Waals surface area contributed by atoms with Crippen LogP contribution < -0.4 is 0 Å². The van der Waals surface area contributed by atoms with Gasteiger partial charge in [-0.25, -0.2) is 0 Å².